The Morgan fingerprint density at radius 3 is 2.55 bits per heavy atom. The van der Waals surface area contributed by atoms with Crippen LogP contribution in [-0.4, -0.2) is 43.8 Å². The molecule has 2 rings (SSSR count). The van der Waals surface area contributed by atoms with E-state index in [9.17, 15) is 18.5 Å². The van der Waals surface area contributed by atoms with Gasteiger partial charge in [0, 0.05) is 31.8 Å². The van der Waals surface area contributed by atoms with Crippen LogP contribution < -0.4 is 5.32 Å². The Morgan fingerprint density at radius 1 is 1.40 bits per heavy atom. The highest BCUT2D eigenvalue weighted by atomic mass is 32.2. The summed E-state index contributed by atoms with van der Waals surface area (Å²) in [6.07, 6.45) is 2.01. The zero-order valence-electron chi connectivity index (χ0n) is 11.2. The number of non-ortho nitro benzene ring substituents is 1. The van der Waals surface area contributed by atoms with Gasteiger partial charge in [0.25, 0.3) is 5.69 Å². The van der Waals surface area contributed by atoms with Gasteiger partial charge in [-0.3, -0.25) is 10.1 Å². The fourth-order valence-corrected chi connectivity index (χ4v) is 3.46. The Bertz CT molecular complexity index is 579. The number of sulfonamides is 1. The third kappa shape index (κ3) is 3.14. The summed E-state index contributed by atoms with van der Waals surface area (Å²) in [6, 6.07) is 5.12. The quantitative estimate of drug-likeness (QED) is 0.646. The third-order valence-corrected chi connectivity index (χ3v) is 5.23. The van der Waals surface area contributed by atoms with Crippen LogP contribution in [0.15, 0.2) is 29.2 Å². The average Bonchev–Trinajstić information content (AvgIpc) is 2.91. The van der Waals surface area contributed by atoms with Gasteiger partial charge >= 0.3 is 0 Å². The lowest BCUT2D eigenvalue weighted by Gasteiger charge is -2.21. The molecule has 20 heavy (non-hydrogen) atoms. The molecular weight excluding hydrogens is 282 g/mol. The number of hydrogen-bond donors (Lipinski definition) is 1. The van der Waals surface area contributed by atoms with Crippen molar-refractivity contribution in [2.24, 2.45) is 0 Å². The van der Waals surface area contributed by atoms with Crippen LogP contribution in [0, 0.1) is 10.1 Å². The van der Waals surface area contributed by atoms with Crippen LogP contribution in [0.2, 0.25) is 0 Å². The zero-order chi connectivity index (χ0) is 14.8. The lowest BCUT2D eigenvalue weighted by Crippen LogP contribution is -2.38. The molecule has 0 aromatic heterocycles. The molecule has 1 aliphatic heterocycles. The van der Waals surface area contributed by atoms with E-state index in [1.54, 1.807) is 0 Å². The van der Waals surface area contributed by atoms with E-state index in [1.807, 2.05) is 0 Å². The molecule has 1 aromatic rings. The predicted molar refractivity (Wildman–Crippen MR) is 73.9 cm³/mol. The second kappa shape index (κ2) is 5.86. The van der Waals surface area contributed by atoms with Gasteiger partial charge < -0.3 is 5.32 Å². The number of nitro groups is 1. The van der Waals surface area contributed by atoms with Crippen LogP contribution in [0.3, 0.4) is 0 Å². The molecule has 110 valence electrons. The molecule has 0 bridgehead atoms. The Labute approximate surface area is 117 Å². The molecule has 1 fully saturated rings. The SMILES string of the molecule is CN(CC1CCCN1)S(=O)(=O)c1ccc([N+](=O)[O-])cc1. The van der Waals surface area contributed by atoms with Gasteiger partial charge in [-0.15, -0.1) is 0 Å². The maximum absolute atomic E-state index is 12.3. The minimum atomic E-state index is -3.60. The fourth-order valence-electron chi connectivity index (χ4n) is 2.24. The van der Waals surface area contributed by atoms with Gasteiger partial charge in [0.05, 0.1) is 9.82 Å². The van der Waals surface area contributed by atoms with Crippen LogP contribution in [0.4, 0.5) is 5.69 Å². The van der Waals surface area contributed by atoms with Crippen molar-refractivity contribution in [1.29, 1.82) is 0 Å². The number of nitrogens with zero attached hydrogens (tertiary/aromatic N) is 2. The first-order valence-corrected chi connectivity index (χ1v) is 7.79. The zero-order valence-corrected chi connectivity index (χ0v) is 12.0. The summed E-state index contributed by atoms with van der Waals surface area (Å²) in [4.78, 5) is 10.1. The molecule has 0 radical (unpaired) electrons. The number of nitrogens with one attached hydrogen (secondary N) is 1. The van der Waals surface area contributed by atoms with Crippen molar-refractivity contribution in [3.05, 3.63) is 34.4 Å². The summed E-state index contributed by atoms with van der Waals surface area (Å²) in [6.45, 7) is 1.31. The summed E-state index contributed by atoms with van der Waals surface area (Å²) < 4.78 is 25.9. The minimum Gasteiger partial charge on any atom is -0.313 e. The maximum Gasteiger partial charge on any atom is 0.269 e. The van der Waals surface area contributed by atoms with Crippen molar-refractivity contribution >= 4 is 15.7 Å². The van der Waals surface area contributed by atoms with Gasteiger partial charge in [0.2, 0.25) is 10.0 Å². The number of nitro benzene ring substituents is 1. The van der Waals surface area contributed by atoms with Crippen LogP contribution in [-0.2, 0) is 10.0 Å². The van der Waals surface area contributed by atoms with Crippen molar-refractivity contribution in [2.45, 2.75) is 23.8 Å². The van der Waals surface area contributed by atoms with Gasteiger partial charge in [-0.25, -0.2) is 8.42 Å². The summed E-state index contributed by atoms with van der Waals surface area (Å²) in [5, 5.41) is 13.8. The van der Waals surface area contributed by atoms with Gasteiger partial charge in [0.1, 0.15) is 0 Å². The molecule has 0 amide bonds. The van der Waals surface area contributed by atoms with E-state index in [2.05, 4.69) is 5.32 Å². The van der Waals surface area contributed by atoms with Crippen LogP contribution >= 0.6 is 0 Å². The Hall–Kier alpha value is -1.51. The summed E-state index contributed by atoms with van der Waals surface area (Å²) in [5.41, 5.74) is -0.121. The van der Waals surface area contributed by atoms with Gasteiger partial charge in [-0.1, -0.05) is 0 Å². The van der Waals surface area contributed by atoms with Gasteiger partial charge in [0.15, 0.2) is 0 Å². The monoisotopic (exact) mass is 299 g/mol. The van der Waals surface area contributed by atoms with Crippen LogP contribution in [0.5, 0.6) is 0 Å². The maximum atomic E-state index is 12.3. The van der Waals surface area contributed by atoms with E-state index in [1.165, 1.54) is 35.6 Å². The number of rotatable bonds is 5. The topological polar surface area (TPSA) is 92.6 Å². The van der Waals surface area contributed by atoms with E-state index in [4.69, 9.17) is 0 Å². The fraction of sp³-hybridized carbons (Fsp3) is 0.500. The van der Waals surface area contributed by atoms with Crippen molar-refractivity contribution in [3.8, 4) is 0 Å². The van der Waals surface area contributed by atoms with Crippen molar-refractivity contribution in [3.63, 3.8) is 0 Å². The molecule has 0 aliphatic carbocycles. The molecule has 7 nitrogen and oxygen atoms in total. The Kier molecular flexibility index (Phi) is 4.36. The first-order chi connectivity index (χ1) is 9.41. The Morgan fingerprint density at radius 2 is 2.05 bits per heavy atom. The number of hydrogen-bond acceptors (Lipinski definition) is 5. The smallest absolute Gasteiger partial charge is 0.269 e. The van der Waals surface area contributed by atoms with Crippen LogP contribution in [0.25, 0.3) is 0 Å². The molecule has 1 unspecified atom stereocenters. The van der Waals surface area contributed by atoms with Gasteiger partial charge in [-0.2, -0.15) is 4.31 Å². The lowest BCUT2D eigenvalue weighted by atomic mass is 10.2. The van der Waals surface area contributed by atoms with Crippen molar-refractivity contribution in [1.82, 2.24) is 9.62 Å². The standard InChI is InChI=1S/C12H17N3O4S/c1-14(9-10-3-2-8-13-10)20(18,19)12-6-4-11(5-7-12)15(16)17/h4-7,10,13H,2-3,8-9H2,1H3. The third-order valence-electron chi connectivity index (χ3n) is 3.40. The molecule has 1 aliphatic rings. The number of likely N-dealkylation sites (N-methyl/N-ethyl adjacent to an activating group) is 1. The van der Waals surface area contributed by atoms with Crippen LogP contribution in [0.1, 0.15) is 12.8 Å². The predicted octanol–water partition coefficient (Wildman–Crippen LogP) is 0.967. The van der Waals surface area contributed by atoms with Gasteiger partial charge in [-0.05, 0) is 31.5 Å². The molecule has 1 atom stereocenters. The normalized spacial score (nSPS) is 19.4. The average molecular weight is 299 g/mol. The summed E-state index contributed by atoms with van der Waals surface area (Å²) in [5.74, 6) is 0. The largest absolute Gasteiger partial charge is 0.313 e. The van der Waals surface area contributed by atoms with Crippen molar-refractivity contribution in [2.75, 3.05) is 20.1 Å². The van der Waals surface area contributed by atoms with E-state index in [0.29, 0.717) is 6.54 Å². The minimum absolute atomic E-state index is 0.0728. The Balaban J connectivity index is 2.13. The number of benzene rings is 1. The molecule has 1 heterocycles. The highest BCUT2D eigenvalue weighted by Gasteiger charge is 2.25. The van der Waals surface area contributed by atoms with E-state index in [-0.39, 0.29) is 16.6 Å². The molecule has 8 heteroatoms. The molecule has 0 spiro atoms. The first-order valence-electron chi connectivity index (χ1n) is 6.35. The first kappa shape index (κ1) is 14.9. The molecule has 1 aromatic carbocycles. The highest BCUT2D eigenvalue weighted by molar-refractivity contribution is 7.89. The van der Waals surface area contributed by atoms with Crippen molar-refractivity contribution < 1.29 is 13.3 Å². The lowest BCUT2D eigenvalue weighted by molar-refractivity contribution is -0.384. The highest BCUT2D eigenvalue weighted by Crippen LogP contribution is 2.19. The molecule has 1 saturated heterocycles. The molecule has 0 saturated carbocycles. The second-order valence-corrected chi connectivity index (χ2v) is 6.87. The van der Waals surface area contributed by atoms with E-state index >= 15 is 0 Å². The van der Waals surface area contributed by atoms with E-state index < -0.39 is 14.9 Å². The summed E-state index contributed by atoms with van der Waals surface area (Å²) >= 11 is 0. The molecule has 1 N–H and O–H groups in total. The van der Waals surface area contributed by atoms with E-state index in [0.717, 1.165) is 19.4 Å². The summed E-state index contributed by atoms with van der Waals surface area (Å²) in [7, 11) is -2.07. The molecular formula is C12H17N3O4S. The second-order valence-electron chi connectivity index (χ2n) is 4.83.